The van der Waals surface area contributed by atoms with E-state index in [2.05, 4.69) is 14.9 Å². The Morgan fingerprint density at radius 2 is 1.96 bits per heavy atom. The number of piperazine rings is 1. The van der Waals surface area contributed by atoms with Crippen LogP contribution in [0.2, 0.25) is 5.02 Å². The number of anilines is 1. The Morgan fingerprint density at radius 1 is 1.17 bits per heavy atom. The van der Waals surface area contributed by atoms with Crippen LogP contribution in [0.15, 0.2) is 36.7 Å². The van der Waals surface area contributed by atoms with Crippen LogP contribution in [-0.4, -0.2) is 52.1 Å². The van der Waals surface area contributed by atoms with Crippen molar-refractivity contribution in [2.24, 2.45) is 0 Å². The fraction of sp³-hybridized carbons (Fsp3) is 0.312. The fourth-order valence-corrected chi connectivity index (χ4v) is 2.66. The van der Waals surface area contributed by atoms with Crippen LogP contribution in [0.4, 0.5) is 5.82 Å². The molecule has 1 fully saturated rings. The van der Waals surface area contributed by atoms with Crippen molar-refractivity contribution >= 4 is 23.3 Å². The Balaban J connectivity index is 1.64. The topological polar surface area (TPSA) is 69.6 Å². The zero-order chi connectivity index (χ0) is 16.2. The van der Waals surface area contributed by atoms with Gasteiger partial charge in [0.1, 0.15) is 11.5 Å². The lowest BCUT2D eigenvalue weighted by molar-refractivity contribution is 0.0740. The first kappa shape index (κ1) is 15.7. The van der Waals surface area contributed by atoms with Crippen molar-refractivity contribution in [3.05, 3.63) is 52.9 Å². The van der Waals surface area contributed by atoms with Gasteiger partial charge in [0.15, 0.2) is 0 Å². The molecule has 3 heterocycles. The van der Waals surface area contributed by atoms with Gasteiger partial charge in [0.25, 0.3) is 5.91 Å². The Hall–Kier alpha value is -2.18. The molecule has 1 aliphatic rings. The minimum absolute atomic E-state index is 0.0984. The van der Waals surface area contributed by atoms with Crippen LogP contribution in [0.5, 0.6) is 0 Å². The molecule has 0 saturated carbocycles. The predicted octanol–water partition coefficient (Wildman–Crippen LogP) is 1.58. The maximum Gasteiger partial charge on any atom is 0.272 e. The normalized spacial score (nSPS) is 14.9. The van der Waals surface area contributed by atoms with E-state index in [0.29, 0.717) is 42.5 Å². The minimum Gasteiger partial charge on any atom is -0.392 e. The molecule has 3 rings (SSSR count). The summed E-state index contributed by atoms with van der Waals surface area (Å²) >= 11 is 5.85. The Bertz CT molecular complexity index is 685. The van der Waals surface area contributed by atoms with Gasteiger partial charge in [-0.25, -0.2) is 4.98 Å². The van der Waals surface area contributed by atoms with Gasteiger partial charge >= 0.3 is 0 Å². The summed E-state index contributed by atoms with van der Waals surface area (Å²) in [6.07, 6.45) is 3.17. The third-order valence-electron chi connectivity index (χ3n) is 3.83. The van der Waals surface area contributed by atoms with Crippen LogP contribution in [0, 0.1) is 0 Å². The van der Waals surface area contributed by atoms with Gasteiger partial charge in [-0.3, -0.25) is 9.78 Å². The number of aliphatic hydroxyl groups excluding tert-OH is 1. The monoisotopic (exact) mass is 332 g/mol. The van der Waals surface area contributed by atoms with E-state index in [0.717, 1.165) is 5.82 Å². The highest BCUT2D eigenvalue weighted by molar-refractivity contribution is 6.30. The molecule has 0 bridgehead atoms. The molecule has 1 saturated heterocycles. The molecule has 2 aromatic heterocycles. The summed E-state index contributed by atoms with van der Waals surface area (Å²) in [6.45, 7) is 2.53. The number of carbonyl (C=O) groups is 1. The van der Waals surface area contributed by atoms with Gasteiger partial charge in [-0.2, -0.15) is 0 Å². The van der Waals surface area contributed by atoms with Crippen LogP contribution in [0.1, 0.15) is 16.1 Å². The molecule has 0 aliphatic carbocycles. The molecular weight excluding hydrogens is 316 g/mol. The van der Waals surface area contributed by atoms with Gasteiger partial charge < -0.3 is 14.9 Å². The van der Waals surface area contributed by atoms with E-state index in [-0.39, 0.29) is 12.5 Å². The number of nitrogens with zero attached hydrogens (tertiary/aromatic N) is 4. The summed E-state index contributed by atoms with van der Waals surface area (Å²) in [4.78, 5) is 24.8. The first-order chi connectivity index (χ1) is 11.2. The number of aromatic nitrogens is 2. The van der Waals surface area contributed by atoms with Crippen molar-refractivity contribution in [3.63, 3.8) is 0 Å². The lowest BCUT2D eigenvalue weighted by Crippen LogP contribution is -2.49. The maximum absolute atomic E-state index is 12.5. The number of amides is 1. The first-order valence-corrected chi connectivity index (χ1v) is 7.77. The molecule has 0 unspecified atom stereocenters. The molecule has 0 aromatic carbocycles. The standard InChI is InChI=1S/C16H17ClN4O2/c17-13-1-2-15(19-10-13)20-5-7-21(8-6-20)16(23)14-9-12(11-22)3-4-18-14/h1-4,9-10,22H,5-8,11H2. The highest BCUT2D eigenvalue weighted by Crippen LogP contribution is 2.17. The molecule has 0 radical (unpaired) electrons. The summed E-state index contributed by atoms with van der Waals surface area (Å²) in [5.74, 6) is 0.755. The van der Waals surface area contributed by atoms with E-state index in [1.54, 1.807) is 29.4 Å². The highest BCUT2D eigenvalue weighted by Gasteiger charge is 2.23. The molecular formula is C16H17ClN4O2. The van der Waals surface area contributed by atoms with E-state index in [1.165, 1.54) is 0 Å². The van der Waals surface area contributed by atoms with Crippen molar-refractivity contribution < 1.29 is 9.90 Å². The fourth-order valence-electron chi connectivity index (χ4n) is 2.55. The van der Waals surface area contributed by atoms with E-state index >= 15 is 0 Å². The van der Waals surface area contributed by atoms with Gasteiger partial charge in [-0.05, 0) is 29.8 Å². The van der Waals surface area contributed by atoms with Crippen LogP contribution < -0.4 is 4.90 Å². The average Bonchev–Trinajstić information content (AvgIpc) is 2.62. The number of aliphatic hydroxyl groups is 1. The number of hydrogen-bond donors (Lipinski definition) is 1. The molecule has 120 valence electrons. The summed E-state index contributed by atoms with van der Waals surface area (Å²) in [5, 5.41) is 9.77. The lowest BCUT2D eigenvalue weighted by Gasteiger charge is -2.35. The van der Waals surface area contributed by atoms with Gasteiger partial charge in [0, 0.05) is 38.6 Å². The summed E-state index contributed by atoms with van der Waals surface area (Å²) in [5.41, 5.74) is 1.06. The van der Waals surface area contributed by atoms with Crippen LogP contribution in [0.25, 0.3) is 0 Å². The second-order valence-corrected chi connectivity index (χ2v) is 5.76. The Kier molecular flexibility index (Phi) is 4.73. The number of pyridine rings is 2. The van der Waals surface area contributed by atoms with Crippen molar-refractivity contribution in [2.75, 3.05) is 31.1 Å². The van der Waals surface area contributed by atoms with Crippen molar-refractivity contribution in [2.45, 2.75) is 6.61 Å². The largest absolute Gasteiger partial charge is 0.392 e. The van der Waals surface area contributed by atoms with Crippen molar-refractivity contribution in [3.8, 4) is 0 Å². The van der Waals surface area contributed by atoms with E-state index in [9.17, 15) is 4.79 Å². The Morgan fingerprint density at radius 3 is 2.61 bits per heavy atom. The van der Waals surface area contributed by atoms with Crippen LogP contribution in [-0.2, 0) is 6.61 Å². The summed E-state index contributed by atoms with van der Waals surface area (Å²) < 4.78 is 0. The molecule has 0 atom stereocenters. The van der Waals surface area contributed by atoms with Crippen molar-refractivity contribution in [1.82, 2.24) is 14.9 Å². The highest BCUT2D eigenvalue weighted by atomic mass is 35.5. The molecule has 2 aromatic rings. The molecule has 23 heavy (non-hydrogen) atoms. The number of carbonyl (C=O) groups excluding carboxylic acids is 1. The smallest absolute Gasteiger partial charge is 0.272 e. The SMILES string of the molecule is O=C(c1cc(CO)ccn1)N1CCN(c2ccc(Cl)cn2)CC1. The zero-order valence-electron chi connectivity index (χ0n) is 12.5. The van der Waals surface area contributed by atoms with Gasteiger partial charge in [0.05, 0.1) is 11.6 Å². The van der Waals surface area contributed by atoms with Gasteiger partial charge in [-0.1, -0.05) is 11.6 Å². The van der Waals surface area contributed by atoms with E-state index < -0.39 is 0 Å². The van der Waals surface area contributed by atoms with E-state index in [4.69, 9.17) is 16.7 Å². The van der Waals surface area contributed by atoms with Crippen LogP contribution in [0.3, 0.4) is 0 Å². The second kappa shape index (κ2) is 6.93. The van der Waals surface area contributed by atoms with Gasteiger partial charge in [-0.15, -0.1) is 0 Å². The number of hydrogen-bond acceptors (Lipinski definition) is 5. The summed E-state index contributed by atoms with van der Waals surface area (Å²) in [7, 11) is 0. The average molecular weight is 333 g/mol. The lowest BCUT2D eigenvalue weighted by atomic mass is 10.2. The van der Waals surface area contributed by atoms with E-state index in [1.807, 2.05) is 12.1 Å². The molecule has 6 nitrogen and oxygen atoms in total. The third kappa shape index (κ3) is 3.60. The maximum atomic E-state index is 12.5. The minimum atomic E-state index is -0.107. The Labute approximate surface area is 139 Å². The third-order valence-corrected chi connectivity index (χ3v) is 4.05. The number of rotatable bonds is 3. The van der Waals surface area contributed by atoms with Crippen LogP contribution >= 0.6 is 11.6 Å². The first-order valence-electron chi connectivity index (χ1n) is 7.39. The molecule has 1 N–H and O–H groups in total. The molecule has 1 amide bonds. The predicted molar refractivity (Wildman–Crippen MR) is 87.5 cm³/mol. The zero-order valence-corrected chi connectivity index (χ0v) is 13.3. The van der Waals surface area contributed by atoms with Crippen molar-refractivity contribution in [1.29, 1.82) is 0 Å². The molecule has 1 aliphatic heterocycles. The molecule has 0 spiro atoms. The molecule has 7 heteroatoms. The second-order valence-electron chi connectivity index (χ2n) is 5.32. The quantitative estimate of drug-likeness (QED) is 0.924. The van der Waals surface area contributed by atoms with Gasteiger partial charge in [0.2, 0.25) is 0 Å². The summed E-state index contributed by atoms with van der Waals surface area (Å²) in [6, 6.07) is 7.02. The number of halogens is 1.